The zero-order valence-electron chi connectivity index (χ0n) is 12.3. The lowest BCUT2D eigenvalue weighted by Gasteiger charge is -2.16. The van der Waals surface area contributed by atoms with E-state index in [0.717, 1.165) is 10.0 Å². The van der Waals surface area contributed by atoms with Crippen LogP contribution < -0.4 is 14.8 Å². The quantitative estimate of drug-likeness (QED) is 0.866. The highest BCUT2D eigenvalue weighted by Gasteiger charge is 2.14. The normalized spacial score (nSPS) is 12.0. The van der Waals surface area contributed by atoms with Gasteiger partial charge in [-0.15, -0.1) is 0 Å². The van der Waals surface area contributed by atoms with E-state index in [0.29, 0.717) is 18.3 Å². The number of nitrogens with zero attached hydrogens (tertiary/aromatic N) is 2. The van der Waals surface area contributed by atoms with E-state index in [2.05, 4.69) is 50.3 Å². The third-order valence-corrected chi connectivity index (χ3v) is 3.68. The highest BCUT2D eigenvalue weighted by atomic mass is 79.9. The fraction of sp³-hybridized carbons (Fsp3) is 0.333. The summed E-state index contributed by atoms with van der Waals surface area (Å²) in [6.45, 7) is 2.66. The van der Waals surface area contributed by atoms with Crippen LogP contribution in [0.4, 0.5) is 0 Å². The first kappa shape index (κ1) is 15.7. The van der Waals surface area contributed by atoms with Gasteiger partial charge in [-0.3, -0.25) is 0 Å². The number of rotatable bonds is 6. The number of ether oxygens (including phenoxy) is 2. The van der Waals surface area contributed by atoms with E-state index >= 15 is 0 Å². The van der Waals surface area contributed by atoms with Gasteiger partial charge in [0.05, 0.1) is 19.8 Å². The first-order valence-electron chi connectivity index (χ1n) is 6.56. The summed E-state index contributed by atoms with van der Waals surface area (Å²) in [4.78, 5) is 8.22. The summed E-state index contributed by atoms with van der Waals surface area (Å²) in [6.07, 6.45) is 1.43. The van der Waals surface area contributed by atoms with Gasteiger partial charge in [0.1, 0.15) is 6.33 Å². The van der Waals surface area contributed by atoms with E-state index in [4.69, 9.17) is 9.47 Å². The topological polar surface area (TPSA) is 56.3 Å². The van der Waals surface area contributed by atoms with Gasteiger partial charge in [0, 0.05) is 17.1 Å². The van der Waals surface area contributed by atoms with Crippen molar-refractivity contribution in [3.8, 4) is 11.8 Å². The summed E-state index contributed by atoms with van der Waals surface area (Å²) in [5, 5.41) is 3.43. The van der Waals surface area contributed by atoms with Crippen LogP contribution in [0.2, 0.25) is 0 Å². The lowest BCUT2D eigenvalue weighted by Crippen LogP contribution is -2.19. The lowest BCUT2D eigenvalue weighted by atomic mass is 10.1. The Morgan fingerprint density at radius 3 is 2.43 bits per heavy atom. The molecular formula is C15H18BrN3O2. The molecule has 0 radical (unpaired) electrons. The van der Waals surface area contributed by atoms with E-state index in [9.17, 15) is 0 Å². The summed E-state index contributed by atoms with van der Waals surface area (Å²) in [7, 11) is 3.17. The molecule has 0 bridgehead atoms. The Morgan fingerprint density at radius 2 is 1.86 bits per heavy atom. The minimum Gasteiger partial charge on any atom is -0.481 e. The molecule has 1 atom stereocenters. The van der Waals surface area contributed by atoms with Gasteiger partial charge in [-0.05, 0) is 24.6 Å². The van der Waals surface area contributed by atoms with Crippen LogP contribution in [0.3, 0.4) is 0 Å². The van der Waals surface area contributed by atoms with Crippen LogP contribution in [0.1, 0.15) is 24.1 Å². The minimum absolute atomic E-state index is 0.178. The number of benzene rings is 1. The molecule has 1 N–H and O–H groups in total. The Kier molecular flexibility index (Phi) is 5.52. The predicted octanol–water partition coefficient (Wildman–Crippen LogP) is 3.11. The molecule has 1 aromatic heterocycles. The smallest absolute Gasteiger partial charge is 0.224 e. The Bertz CT molecular complexity index is 585. The number of nitrogens with one attached hydrogen (secondary N) is 1. The molecule has 0 aliphatic carbocycles. The number of hydrogen-bond donors (Lipinski definition) is 1. The molecule has 112 valence electrons. The van der Waals surface area contributed by atoms with Crippen LogP contribution in [0.25, 0.3) is 0 Å². The Hall–Kier alpha value is -1.66. The number of methoxy groups -OCH3 is 2. The van der Waals surface area contributed by atoms with Crippen LogP contribution >= 0.6 is 15.9 Å². The van der Waals surface area contributed by atoms with Crippen LogP contribution in [0.15, 0.2) is 35.1 Å². The van der Waals surface area contributed by atoms with Crippen LogP contribution in [-0.2, 0) is 6.54 Å². The average Bonchev–Trinajstić information content (AvgIpc) is 2.52. The largest absolute Gasteiger partial charge is 0.481 e. The molecule has 0 spiro atoms. The fourth-order valence-corrected chi connectivity index (χ4v) is 2.45. The first-order chi connectivity index (χ1) is 10.2. The SMILES string of the molecule is COc1ncnc(OC)c1CNC(C)c1cccc(Br)c1. The maximum Gasteiger partial charge on any atom is 0.224 e. The van der Waals surface area contributed by atoms with Crippen molar-refractivity contribution in [3.05, 3.63) is 46.2 Å². The molecule has 6 heteroatoms. The highest BCUT2D eigenvalue weighted by Crippen LogP contribution is 2.24. The molecule has 1 unspecified atom stereocenters. The molecule has 2 rings (SSSR count). The van der Waals surface area contributed by atoms with Gasteiger partial charge in [-0.2, -0.15) is 0 Å². The molecule has 1 aromatic carbocycles. The van der Waals surface area contributed by atoms with Crippen LogP contribution in [0.5, 0.6) is 11.8 Å². The summed E-state index contributed by atoms with van der Waals surface area (Å²) in [6, 6.07) is 8.38. The zero-order valence-corrected chi connectivity index (χ0v) is 13.8. The number of hydrogen-bond acceptors (Lipinski definition) is 5. The maximum absolute atomic E-state index is 5.27. The van der Waals surface area contributed by atoms with Gasteiger partial charge in [-0.1, -0.05) is 28.1 Å². The summed E-state index contributed by atoms with van der Waals surface area (Å²) in [5.74, 6) is 1.05. The van der Waals surface area contributed by atoms with Crippen molar-refractivity contribution in [2.75, 3.05) is 14.2 Å². The third kappa shape index (κ3) is 3.92. The van der Waals surface area contributed by atoms with Gasteiger partial charge < -0.3 is 14.8 Å². The Labute approximate surface area is 132 Å². The molecule has 5 nitrogen and oxygen atoms in total. The van der Waals surface area contributed by atoms with Gasteiger partial charge in [0.15, 0.2) is 0 Å². The molecular weight excluding hydrogens is 334 g/mol. The second kappa shape index (κ2) is 7.38. The highest BCUT2D eigenvalue weighted by molar-refractivity contribution is 9.10. The Morgan fingerprint density at radius 1 is 1.19 bits per heavy atom. The van der Waals surface area contributed by atoms with Crippen molar-refractivity contribution in [1.29, 1.82) is 0 Å². The van der Waals surface area contributed by atoms with Gasteiger partial charge >= 0.3 is 0 Å². The van der Waals surface area contributed by atoms with E-state index in [1.54, 1.807) is 14.2 Å². The summed E-state index contributed by atoms with van der Waals surface area (Å²) in [5.41, 5.74) is 2.00. The second-order valence-electron chi connectivity index (χ2n) is 4.53. The van der Waals surface area contributed by atoms with Crippen molar-refractivity contribution >= 4 is 15.9 Å². The minimum atomic E-state index is 0.178. The monoisotopic (exact) mass is 351 g/mol. The van der Waals surface area contributed by atoms with Crippen molar-refractivity contribution in [3.63, 3.8) is 0 Å². The van der Waals surface area contributed by atoms with Gasteiger partial charge in [-0.25, -0.2) is 9.97 Å². The average molecular weight is 352 g/mol. The summed E-state index contributed by atoms with van der Waals surface area (Å²) >= 11 is 3.48. The molecule has 0 aliphatic rings. The van der Waals surface area contributed by atoms with Crippen molar-refractivity contribution in [2.24, 2.45) is 0 Å². The predicted molar refractivity (Wildman–Crippen MR) is 84.5 cm³/mol. The van der Waals surface area contributed by atoms with Crippen LogP contribution in [-0.4, -0.2) is 24.2 Å². The van der Waals surface area contributed by atoms with Crippen molar-refractivity contribution in [1.82, 2.24) is 15.3 Å². The zero-order chi connectivity index (χ0) is 15.2. The van der Waals surface area contributed by atoms with Crippen molar-refractivity contribution < 1.29 is 9.47 Å². The van der Waals surface area contributed by atoms with E-state index in [1.807, 2.05) is 12.1 Å². The lowest BCUT2D eigenvalue weighted by molar-refractivity contribution is 0.357. The maximum atomic E-state index is 5.27. The van der Waals surface area contributed by atoms with E-state index < -0.39 is 0 Å². The van der Waals surface area contributed by atoms with Crippen LogP contribution in [0, 0.1) is 0 Å². The molecule has 21 heavy (non-hydrogen) atoms. The number of aromatic nitrogens is 2. The standard InChI is InChI=1S/C15H18BrN3O2/c1-10(11-5-4-6-12(16)7-11)17-8-13-14(20-2)18-9-19-15(13)21-3/h4-7,9-10,17H,8H2,1-3H3. The van der Waals surface area contributed by atoms with Crippen molar-refractivity contribution in [2.45, 2.75) is 19.5 Å². The summed E-state index contributed by atoms with van der Waals surface area (Å²) < 4.78 is 11.6. The fourth-order valence-electron chi connectivity index (χ4n) is 2.03. The first-order valence-corrected chi connectivity index (χ1v) is 7.35. The van der Waals surface area contributed by atoms with Gasteiger partial charge in [0.2, 0.25) is 11.8 Å². The van der Waals surface area contributed by atoms with E-state index in [1.165, 1.54) is 11.9 Å². The molecule has 0 aliphatic heterocycles. The molecule has 0 saturated heterocycles. The molecule has 0 amide bonds. The Balaban J connectivity index is 2.12. The second-order valence-corrected chi connectivity index (χ2v) is 5.44. The molecule has 1 heterocycles. The third-order valence-electron chi connectivity index (χ3n) is 3.19. The van der Waals surface area contributed by atoms with Gasteiger partial charge in [0.25, 0.3) is 0 Å². The molecule has 2 aromatic rings. The molecule has 0 saturated carbocycles. The molecule has 0 fully saturated rings. The van der Waals surface area contributed by atoms with E-state index in [-0.39, 0.29) is 6.04 Å². The number of halogens is 1.